The number of ketones is 1. The second kappa shape index (κ2) is 8.35. The molecule has 6 N–H and O–H groups in total. The molecule has 0 heterocycles. The van der Waals surface area contributed by atoms with E-state index in [1.54, 1.807) is 6.92 Å². The first-order valence-electron chi connectivity index (χ1n) is 13.0. The molecule has 7 nitrogen and oxygen atoms in total. The standard InChI is InChI=1S/C27H44O7/c1-14(2)6-7-22(32)26(5,33)21-8-9-27(34)16-11-17(28)15-10-18(29)19(30)12-24(15,3)23(16)20(31)13-25(21,27)4/h11,14-15,18-23,29-34H,6-10,12-13H2,1-5H3/t15-,18+,19-,20+,21-,22+,23+,24-,25+,26+,27-/m0/s1. The second-order valence-corrected chi connectivity index (χ2v) is 13.0. The molecule has 3 saturated carbocycles. The van der Waals surface area contributed by atoms with Crippen LogP contribution >= 0.6 is 0 Å². The van der Waals surface area contributed by atoms with Crippen LogP contribution in [0.3, 0.4) is 0 Å². The molecule has 0 aromatic rings. The molecule has 3 fully saturated rings. The van der Waals surface area contributed by atoms with Gasteiger partial charge in [-0.15, -0.1) is 0 Å². The molecule has 194 valence electrons. The Morgan fingerprint density at radius 2 is 1.74 bits per heavy atom. The van der Waals surface area contributed by atoms with Gasteiger partial charge in [-0.2, -0.15) is 0 Å². The molecule has 4 rings (SSSR count). The molecule has 34 heavy (non-hydrogen) atoms. The lowest BCUT2D eigenvalue weighted by molar-refractivity contribution is -0.196. The summed E-state index contributed by atoms with van der Waals surface area (Å²) in [4.78, 5) is 13.3. The summed E-state index contributed by atoms with van der Waals surface area (Å²) < 4.78 is 0. The summed E-state index contributed by atoms with van der Waals surface area (Å²) in [5.41, 5.74) is -4.09. The normalized spacial score (nSPS) is 49.1. The lowest BCUT2D eigenvalue weighted by atomic mass is 9.45. The molecule has 0 spiro atoms. The summed E-state index contributed by atoms with van der Waals surface area (Å²) in [5.74, 6) is -1.32. The molecular weight excluding hydrogens is 436 g/mol. The smallest absolute Gasteiger partial charge is 0.159 e. The molecule has 0 aromatic carbocycles. The van der Waals surface area contributed by atoms with Crippen LogP contribution in [0.2, 0.25) is 0 Å². The first-order chi connectivity index (χ1) is 15.6. The fraction of sp³-hybridized carbons (Fsp3) is 0.889. The van der Waals surface area contributed by atoms with Crippen molar-refractivity contribution in [3.05, 3.63) is 11.6 Å². The van der Waals surface area contributed by atoms with E-state index >= 15 is 0 Å². The van der Waals surface area contributed by atoms with Crippen LogP contribution in [-0.4, -0.2) is 72.0 Å². The van der Waals surface area contributed by atoms with Crippen LogP contribution in [0.15, 0.2) is 11.6 Å². The maximum atomic E-state index is 13.3. The third-order valence-electron chi connectivity index (χ3n) is 10.5. The molecule has 4 aliphatic carbocycles. The predicted octanol–water partition coefficient (Wildman–Crippen LogP) is 1.71. The zero-order valence-electron chi connectivity index (χ0n) is 21.2. The number of carbonyl (C=O) groups excluding carboxylic acids is 1. The Balaban J connectivity index is 1.73. The molecule has 0 saturated heterocycles. The third-order valence-corrected chi connectivity index (χ3v) is 10.5. The molecule has 0 bridgehead atoms. The van der Waals surface area contributed by atoms with Crippen molar-refractivity contribution in [3.8, 4) is 0 Å². The van der Waals surface area contributed by atoms with Crippen molar-refractivity contribution in [1.82, 2.24) is 0 Å². The van der Waals surface area contributed by atoms with E-state index < -0.39 is 64.2 Å². The first kappa shape index (κ1) is 26.2. The highest BCUT2D eigenvalue weighted by Crippen LogP contribution is 2.68. The molecular formula is C27H44O7. The molecule has 11 atom stereocenters. The van der Waals surface area contributed by atoms with E-state index in [0.717, 1.165) is 6.42 Å². The van der Waals surface area contributed by atoms with Crippen molar-refractivity contribution in [2.45, 2.75) is 115 Å². The maximum Gasteiger partial charge on any atom is 0.159 e. The molecule has 7 heteroatoms. The van der Waals surface area contributed by atoms with Gasteiger partial charge in [0.15, 0.2) is 5.78 Å². The van der Waals surface area contributed by atoms with E-state index in [1.807, 2.05) is 13.8 Å². The van der Waals surface area contributed by atoms with Gasteiger partial charge in [0, 0.05) is 17.3 Å². The van der Waals surface area contributed by atoms with Gasteiger partial charge < -0.3 is 30.6 Å². The lowest BCUT2D eigenvalue weighted by Crippen LogP contribution is -2.66. The highest BCUT2D eigenvalue weighted by Gasteiger charge is 2.71. The molecule has 4 aliphatic rings. The molecule has 0 radical (unpaired) electrons. The minimum atomic E-state index is -1.46. The number of rotatable bonds is 5. The summed E-state index contributed by atoms with van der Waals surface area (Å²) >= 11 is 0. The van der Waals surface area contributed by atoms with Crippen LogP contribution in [0.1, 0.15) is 79.6 Å². The second-order valence-electron chi connectivity index (χ2n) is 13.0. The Morgan fingerprint density at radius 1 is 1.09 bits per heavy atom. The van der Waals surface area contributed by atoms with Gasteiger partial charge in [-0.25, -0.2) is 0 Å². The van der Waals surface area contributed by atoms with Gasteiger partial charge in [-0.05, 0) is 80.8 Å². The lowest BCUT2D eigenvalue weighted by Gasteiger charge is -2.62. The predicted molar refractivity (Wildman–Crippen MR) is 127 cm³/mol. The van der Waals surface area contributed by atoms with Crippen molar-refractivity contribution >= 4 is 5.78 Å². The SMILES string of the molecule is CC(C)CC[C@@H](O)[C@](C)(O)[C@H]1CC[C@]2(O)C3=CC(=O)[C@@H]4C[C@@H](O)[C@@H](O)C[C@]4(C)[C@H]3[C@H](O)C[C@]12C. The zero-order valence-corrected chi connectivity index (χ0v) is 21.2. The summed E-state index contributed by atoms with van der Waals surface area (Å²) in [6.07, 6.45) is 0.195. The fourth-order valence-corrected chi connectivity index (χ4v) is 8.44. The number of allylic oxidation sites excluding steroid dienone is 1. The summed E-state index contributed by atoms with van der Waals surface area (Å²) in [5, 5.41) is 66.9. The summed E-state index contributed by atoms with van der Waals surface area (Å²) in [7, 11) is 0. The van der Waals surface area contributed by atoms with E-state index in [0.29, 0.717) is 30.8 Å². The van der Waals surface area contributed by atoms with Crippen molar-refractivity contribution < 1.29 is 35.4 Å². The fourth-order valence-electron chi connectivity index (χ4n) is 8.44. The van der Waals surface area contributed by atoms with Gasteiger partial charge in [-0.1, -0.05) is 27.7 Å². The maximum absolute atomic E-state index is 13.3. The molecule has 0 amide bonds. The van der Waals surface area contributed by atoms with Gasteiger partial charge in [0.2, 0.25) is 0 Å². The van der Waals surface area contributed by atoms with Gasteiger partial charge >= 0.3 is 0 Å². The van der Waals surface area contributed by atoms with Gasteiger partial charge in [0.05, 0.1) is 35.6 Å². The number of aliphatic hydroxyl groups excluding tert-OH is 4. The zero-order chi connectivity index (χ0) is 25.4. The summed E-state index contributed by atoms with van der Waals surface area (Å²) in [6.45, 7) is 9.52. The van der Waals surface area contributed by atoms with E-state index in [9.17, 15) is 35.4 Å². The Bertz CT molecular complexity index is 852. The first-order valence-corrected chi connectivity index (χ1v) is 13.0. The van der Waals surface area contributed by atoms with E-state index in [-0.39, 0.29) is 25.0 Å². The average molecular weight is 481 g/mol. The van der Waals surface area contributed by atoms with Crippen LogP contribution in [-0.2, 0) is 4.79 Å². The minimum absolute atomic E-state index is 0.137. The average Bonchev–Trinajstić information content (AvgIpc) is 2.99. The Morgan fingerprint density at radius 3 is 2.35 bits per heavy atom. The third kappa shape index (κ3) is 3.57. The number of hydrogen-bond donors (Lipinski definition) is 6. The Hall–Kier alpha value is -0.830. The number of fused-ring (bicyclic) bond motifs is 5. The van der Waals surface area contributed by atoms with Crippen molar-refractivity contribution in [2.75, 3.05) is 0 Å². The largest absolute Gasteiger partial charge is 0.392 e. The van der Waals surface area contributed by atoms with Gasteiger partial charge in [-0.3, -0.25) is 4.79 Å². The van der Waals surface area contributed by atoms with Gasteiger partial charge in [0.1, 0.15) is 0 Å². The number of aliphatic hydroxyl groups is 6. The van der Waals surface area contributed by atoms with E-state index in [2.05, 4.69) is 13.8 Å². The monoisotopic (exact) mass is 480 g/mol. The minimum Gasteiger partial charge on any atom is -0.392 e. The van der Waals surface area contributed by atoms with Crippen molar-refractivity contribution in [3.63, 3.8) is 0 Å². The van der Waals surface area contributed by atoms with Crippen LogP contribution in [0.25, 0.3) is 0 Å². The topological polar surface area (TPSA) is 138 Å². The summed E-state index contributed by atoms with van der Waals surface area (Å²) in [6, 6.07) is 0. The van der Waals surface area contributed by atoms with E-state index in [4.69, 9.17) is 0 Å². The van der Waals surface area contributed by atoms with Crippen molar-refractivity contribution in [2.24, 2.45) is 34.5 Å². The van der Waals surface area contributed by atoms with Crippen LogP contribution < -0.4 is 0 Å². The quantitative estimate of drug-likeness (QED) is 0.352. The Labute approximate surface area is 202 Å². The molecule has 0 aliphatic heterocycles. The number of hydrogen-bond acceptors (Lipinski definition) is 7. The van der Waals surface area contributed by atoms with Crippen LogP contribution in [0.4, 0.5) is 0 Å². The molecule has 0 aromatic heterocycles. The van der Waals surface area contributed by atoms with Crippen LogP contribution in [0.5, 0.6) is 0 Å². The van der Waals surface area contributed by atoms with E-state index in [1.165, 1.54) is 6.08 Å². The number of carbonyl (C=O) groups is 1. The highest BCUT2D eigenvalue weighted by molar-refractivity contribution is 5.95. The highest BCUT2D eigenvalue weighted by atomic mass is 16.3. The van der Waals surface area contributed by atoms with Crippen molar-refractivity contribution in [1.29, 1.82) is 0 Å². The van der Waals surface area contributed by atoms with Crippen LogP contribution in [0, 0.1) is 34.5 Å². The Kier molecular flexibility index (Phi) is 6.45. The van der Waals surface area contributed by atoms with Gasteiger partial charge in [0.25, 0.3) is 0 Å². The molecule has 0 unspecified atom stereocenters.